The standard InChI is InChI=1S/C25H44N6.HI/c1-4-29-14-16-31(17-15-29)20-22(2)18-27-25(26-3)28-19-23-8-10-24(11-9-23)21-30-12-6-5-7-13-30;/h8-11,22H,4-7,12-21H2,1-3H3,(H2,26,27,28);1H. The first-order valence-electron chi connectivity index (χ1n) is 12.4. The Balaban J connectivity index is 0.00000363. The van der Waals surface area contributed by atoms with Crippen molar-refractivity contribution < 1.29 is 0 Å². The fourth-order valence-corrected chi connectivity index (χ4v) is 4.61. The van der Waals surface area contributed by atoms with E-state index in [1.54, 1.807) is 0 Å². The van der Waals surface area contributed by atoms with Gasteiger partial charge in [-0.25, -0.2) is 0 Å². The molecule has 32 heavy (non-hydrogen) atoms. The number of piperidine rings is 1. The molecule has 0 radical (unpaired) electrons. The van der Waals surface area contributed by atoms with Crippen molar-refractivity contribution >= 4 is 29.9 Å². The average molecular weight is 557 g/mol. The number of likely N-dealkylation sites (N-methyl/N-ethyl adjacent to an activating group) is 1. The van der Waals surface area contributed by atoms with Crippen molar-refractivity contribution in [1.29, 1.82) is 0 Å². The molecule has 0 bridgehead atoms. The molecule has 182 valence electrons. The number of aliphatic imine (C=N–C) groups is 1. The Labute approximate surface area is 213 Å². The number of nitrogens with one attached hydrogen (secondary N) is 2. The van der Waals surface area contributed by atoms with Gasteiger partial charge in [0.15, 0.2) is 5.96 Å². The molecule has 2 heterocycles. The maximum atomic E-state index is 4.41. The van der Waals surface area contributed by atoms with E-state index in [1.807, 2.05) is 7.05 Å². The van der Waals surface area contributed by atoms with Crippen LogP contribution in [0.25, 0.3) is 0 Å². The van der Waals surface area contributed by atoms with Crippen molar-refractivity contribution in [1.82, 2.24) is 25.3 Å². The highest BCUT2D eigenvalue weighted by Crippen LogP contribution is 2.13. The number of nitrogens with zero attached hydrogens (tertiary/aromatic N) is 4. The fourth-order valence-electron chi connectivity index (χ4n) is 4.61. The summed E-state index contributed by atoms with van der Waals surface area (Å²) in [6, 6.07) is 9.06. The Hall–Kier alpha value is -0.900. The molecule has 2 aliphatic rings. The number of benzene rings is 1. The summed E-state index contributed by atoms with van der Waals surface area (Å²) in [5, 5.41) is 6.98. The zero-order valence-electron chi connectivity index (χ0n) is 20.5. The van der Waals surface area contributed by atoms with Gasteiger partial charge in [0.25, 0.3) is 0 Å². The van der Waals surface area contributed by atoms with Gasteiger partial charge in [0.05, 0.1) is 0 Å². The number of guanidine groups is 1. The van der Waals surface area contributed by atoms with Crippen LogP contribution in [0, 0.1) is 5.92 Å². The Bertz CT molecular complexity index is 651. The monoisotopic (exact) mass is 556 g/mol. The van der Waals surface area contributed by atoms with Gasteiger partial charge in [0, 0.05) is 59.4 Å². The van der Waals surface area contributed by atoms with Crippen molar-refractivity contribution in [2.45, 2.75) is 46.2 Å². The van der Waals surface area contributed by atoms with Gasteiger partial charge in [-0.05, 0) is 49.5 Å². The van der Waals surface area contributed by atoms with Gasteiger partial charge in [-0.2, -0.15) is 0 Å². The third-order valence-electron chi connectivity index (χ3n) is 6.66. The van der Waals surface area contributed by atoms with E-state index in [-0.39, 0.29) is 24.0 Å². The number of hydrogen-bond acceptors (Lipinski definition) is 4. The molecule has 1 unspecified atom stereocenters. The molecule has 2 N–H and O–H groups in total. The molecule has 0 aromatic heterocycles. The number of rotatable bonds is 9. The number of likely N-dealkylation sites (tertiary alicyclic amines) is 1. The molecule has 1 atom stereocenters. The number of hydrogen-bond donors (Lipinski definition) is 2. The Kier molecular flexibility index (Phi) is 12.9. The van der Waals surface area contributed by atoms with Gasteiger partial charge in [-0.1, -0.05) is 44.5 Å². The molecule has 2 aliphatic heterocycles. The van der Waals surface area contributed by atoms with Crippen LogP contribution in [0.15, 0.2) is 29.3 Å². The van der Waals surface area contributed by atoms with E-state index in [4.69, 9.17) is 0 Å². The van der Waals surface area contributed by atoms with Gasteiger partial charge < -0.3 is 20.4 Å². The van der Waals surface area contributed by atoms with E-state index in [2.05, 4.69) is 68.4 Å². The lowest BCUT2D eigenvalue weighted by Gasteiger charge is -2.35. The Morgan fingerprint density at radius 1 is 0.875 bits per heavy atom. The van der Waals surface area contributed by atoms with Crippen molar-refractivity contribution in [2.24, 2.45) is 10.9 Å². The highest BCUT2D eigenvalue weighted by atomic mass is 127. The zero-order chi connectivity index (χ0) is 21.9. The van der Waals surface area contributed by atoms with E-state index in [0.29, 0.717) is 5.92 Å². The van der Waals surface area contributed by atoms with Gasteiger partial charge >= 0.3 is 0 Å². The smallest absolute Gasteiger partial charge is 0.191 e. The number of piperazine rings is 1. The quantitative estimate of drug-likeness (QED) is 0.278. The zero-order valence-corrected chi connectivity index (χ0v) is 22.8. The Morgan fingerprint density at radius 2 is 1.50 bits per heavy atom. The number of halogens is 1. The van der Waals surface area contributed by atoms with Crippen LogP contribution in [0.1, 0.15) is 44.2 Å². The second-order valence-corrected chi connectivity index (χ2v) is 9.30. The molecule has 0 spiro atoms. The lowest BCUT2D eigenvalue weighted by atomic mass is 10.1. The van der Waals surface area contributed by atoms with Crippen LogP contribution in [0.5, 0.6) is 0 Å². The second kappa shape index (κ2) is 15.1. The SMILES string of the molecule is CCN1CCN(CC(C)CNC(=NC)NCc2ccc(CN3CCCCC3)cc2)CC1.I. The molecule has 3 rings (SSSR count). The summed E-state index contributed by atoms with van der Waals surface area (Å²) in [4.78, 5) is 12.1. The van der Waals surface area contributed by atoms with Crippen LogP contribution in [-0.2, 0) is 13.1 Å². The maximum Gasteiger partial charge on any atom is 0.191 e. The van der Waals surface area contributed by atoms with Gasteiger partial charge in [-0.3, -0.25) is 9.89 Å². The third-order valence-corrected chi connectivity index (χ3v) is 6.66. The highest BCUT2D eigenvalue weighted by molar-refractivity contribution is 14.0. The van der Waals surface area contributed by atoms with Gasteiger partial charge in [-0.15, -0.1) is 24.0 Å². The van der Waals surface area contributed by atoms with E-state index in [1.165, 1.54) is 76.2 Å². The van der Waals surface area contributed by atoms with Crippen LogP contribution in [0.3, 0.4) is 0 Å². The molecular weight excluding hydrogens is 511 g/mol. The lowest BCUT2D eigenvalue weighted by Crippen LogP contribution is -2.48. The van der Waals surface area contributed by atoms with Crippen molar-refractivity contribution in [2.75, 3.05) is 66.0 Å². The van der Waals surface area contributed by atoms with E-state index >= 15 is 0 Å². The summed E-state index contributed by atoms with van der Waals surface area (Å²) in [6.45, 7) is 17.0. The summed E-state index contributed by atoms with van der Waals surface area (Å²) in [5.74, 6) is 1.49. The minimum absolute atomic E-state index is 0. The molecule has 0 amide bonds. The average Bonchev–Trinajstić information content (AvgIpc) is 2.81. The van der Waals surface area contributed by atoms with Gasteiger partial charge in [0.2, 0.25) is 0 Å². The van der Waals surface area contributed by atoms with Crippen molar-refractivity contribution in [3.63, 3.8) is 0 Å². The molecule has 1 aromatic rings. The van der Waals surface area contributed by atoms with Crippen LogP contribution in [-0.4, -0.2) is 86.6 Å². The molecule has 1 aromatic carbocycles. The largest absolute Gasteiger partial charge is 0.356 e. The first-order valence-corrected chi connectivity index (χ1v) is 12.4. The van der Waals surface area contributed by atoms with E-state index in [0.717, 1.165) is 32.1 Å². The van der Waals surface area contributed by atoms with Crippen LogP contribution in [0.2, 0.25) is 0 Å². The predicted octanol–water partition coefficient (Wildman–Crippen LogP) is 3.23. The normalized spacial score (nSPS) is 19.9. The second-order valence-electron chi connectivity index (χ2n) is 9.30. The van der Waals surface area contributed by atoms with Crippen LogP contribution >= 0.6 is 24.0 Å². The molecular formula is C25H45IN6. The summed E-state index contributed by atoms with van der Waals surface area (Å²) in [6.07, 6.45) is 4.09. The lowest BCUT2D eigenvalue weighted by molar-refractivity contribution is 0.124. The third kappa shape index (κ3) is 9.53. The molecule has 0 aliphatic carbocycles. The summed E-state index contributed by atoms with van der Waals surface area (Å²) in [7, 11) is 1.85. The maximum absolute atomic E-state index is 4.41. The molecule has 0 saturated carbocycles. The van der Waals surface area contributed by atoms with E-state index in [9.17, 15) is 0 Å². The van der Waals surface area contributed by atoms with Gasteiger partial charge in [0.1, 0.15) is 0 Å². The van der Waals surface area contributed by atoms with Crippen LogP contribution in [0.4, 0.5) is 0 Å². The molecule has 2 saturated heterocycles. The Morgan fingerprint density at radius 3 is 2.12 bits per heavy atom. The first kappa shape index (κ1) is 27.3. The topological polar surface area (TPSA) is 46.1 Å². The van der Waals surface area contributed by atoms with Crippen molar-refractivity contribution in [3.05, 3.63) is 35.4 Å². The minimum Gasteiger partial charge on any atom is -0.356 e. The molecule has 2 fully saturated rings. The first-order chi connectivity index (χ1) is 15.2. The summed E-state index contributed by atoms with van der Waals surface area (Å²) >= 11 is 0. The van der Waals surface area contributed by atoms with E-state index < -0.39 is 0 Å². The highest BCUT2D eigenvalue weighted by Gasteiger charge is 2.17. The molecule has 6 nitrogen and oxygen atoms in total. The predicted molar refractivity (Wildman–Crippen MR) is 147 cm³/mol. The van der Waals surface area contributed by atoms with Crippen LogP contribution < -0.4 is 10.6 Å². The minimum atomic E-state index is 0. The molecule has 7 heteroatoms. The fraction of sp³-hybridized carbons (Fsp3) is 0.720. The van der Waals surface area contributed by atoms with Crippen molar-refractivity contribution in [3.8, 4) is 0 Å². The summed E-state index contributed by atoms with van der Waals surface area (Å²) in [5.41, 5.74) is 2.72. The summed E-state index contributed by atoms with van der Waals surface area (Å²) < 4.78 is 0.